The van der Waals surface area contributed by atoms with Crippen LogP contribution < -0.4 is 10.6 Å². The molecule has 118 valence electrons. The van der Waals surface area contributed by atoms with E-state index in [1.54, 1.807) is 7.05 Å². The molecule has 0 fully saturated rings. The summed E-state index contributed by atoms with van der Waals surface area (Å²) in [6.45, 7) is 6.61. The summed E-state index contributed by atoms with van der Waals surface area (Å²) >= 11 is 0. The van der Waals surface area contributed by atoms with Crippen molar-refractivity contribution in [2.75, 3.05) is 13.6 Å². The normalized spacial score (nSPS) is 11.5. The Morgan fingerprint density at radius 2 is 2.00 bits per heavy atom. The number of benzene rings is 1. The van der Waals surface area contributed by atoms with Crippen molar-refractivity contribution in [3.05, 3.63) is 53.3 Å². The highest BCUT2D eigenvalue weighted by molar-refractivity contribution is 5.79. The van der Waals surface area contributed by atoms with Crippen LogP contribution in [-0.4, -0.2) is 29.3 Å². The molecule has 0 amide bonds. The fourth-order valence-electron chi connectivity index (χ4n) is 2.35. The van der Waals surface area contributed by atoms with Gasteiger partial charge in [-0.15, -0.1) is 0 Å². The van der Waals surface area contributed by atoms with Gasteiger partial charge in [-0.25, -0.2) is 0 Å². The Morgan fingerprint density at radius 1 is 1.23 bits per heavy atom. The molecule has 0 bridgehead atoms. The zero-order chi connectivity index (χ0) is 15.8. The molecule has 5 nitrogen and oxygen atoms in total. The fraction of sp³-hybridized carbons (Fsp3) is 0.412. The van der Waals surface area contributed by atoms with Crippen molar-refractivity contribution < 1.29 is 0 Å². The highest BCUT2D eigenvalue weighted by atomic mass is 15.3. The number of guanidine groups is 1. The van der Waals surface area contributed by atoms with Crippen LogP contribution in [0.25, 0.3) is 0 Å². The van der Waals surface area contributed by atoms with E-state index in [0.717, 1.165) is 32.0 Å². The summed E-state index contributed by atoms with van der Waals surface area (Å²) in [6, 6.07) is 8.49. The Kier molecular flexibility index (Phi) is 6.01. The lowest BCUT2D eigenvalue weighted by Crippen LogP contribution is -2.38. The van der Waals surface area contributed by atoms with E-state index in [1.807, 2.05) is 24.0 Å². The number of aryl methyl sites for hydroxylation is 2. The number of nitrogens with one attached hydrogen (secondary N) is 2. The molecule has 0 aliphatic rings. The van der Waals surface area contributed by atoms with Crippen LogP contribution in [0.2, 0.25) is 0 Å². The molecule has 0 aliphatic heterocycles. The first-order valence-electron chi connectivity index (χ1n) is 7.73. The number of rotatable bonds is 6. The molecule has 0 saturated heterocycles. The number of aliphatic imine (C=N–C) groups is 1. The fourth-order valence-corrected chi connectivity index (χ4v) is 2.35. The summed E-state index contributed by atoms with van der Waals surface area (Å²) < 4.78 is 1.93. The molecular weight excluding hydrogens is 274 g/mol. The monoisotopic (exact) mass is 299 g/mol. The van der Waals surface area contributed by atoms with Gasteiger partial charge in [-0.1, -0.05) is 31.2 Å². The Bertz CT molecular complexity index is 615. The second-order valence-corrected chi connectivity index (χ2v) is 5.26. The van der Waals surface area contributed by atoms with E-state index in [0.29, 0.717) is 0 Å². The van der Waals surface area contributed by atoms with Crippen LogP contribution in [0, 0.1) is 6.92 Å². The maximum atomic E-state index is 4.27. The van der Waals surface area contributed by atoms with E-state index in [9.17, 15) is 0 Å². The maximum Gasteiger partial charge on any atom is 0.191 e. The van der Waals surface area contributed by atoms with Gasteiger partial charge in [0, 0.05) is 26.3 Å². The van der Waals surface area contributed by atoms with Crippen LogP contribution in [0.15, 0.2) is 41.7 Å². The van der Waals surface area contributed by atoms with E-state index in [4.69, 9.17) is 0 Å². The van der Waals surface area contributed by atoms with Gasteiger partial charge in [-0.05, 0) is 30.0 Å². The van der Waals surface area contributed by atoms with Gasteiger partial charge in [0.1, 0.15) is 0 Å². The highest BCUT2D eigenvalue weighted by Crippen LogP contribution is 2.08. The summed E-state index contributed by atoms with van der Waals surface area (Å²) in [5.41, 5.74) is 3.87. The second-order valence-electron chi connectivity index (χ2n) is 5.26. The molecule has 0 atom stereocenters. The van der Waals surface area contributed by atoms with Gasteiger partial charge >= 0.3 is 0 Å². The number of aromatic nitrogens is 2. The van der Waals surface area contributed by atoms with Gasteiger partial charge in [-0.2, -0.15) is 5.10 Å². The molecule has 0 unspecified atom stereocenters. The van der Waals surface area contributed by atoms with Crippen molar-refractivity contribution in [1.29, 1.82) is 0 Å². The molecule has 0 radical (unpaired) electrons. The molecule has 1 heterocycles. The zero-order valence-electron chi connectivity index (χ0n) is 13.6. The van der Waals surface area contributed by atoms with Crippen LogP contribution in [-0.2, 0) is 19.5 Å². The standard InChI is InChI=1S/C17H25N5/c1-4-15-7-5-6-8-16(15)12-20-17(18-3)19-9-10-22-13-14(2)11-21-22/h5-8,11,13H,4,9-10,12H2,1-3H3,(H2,18,19,20). The van der Waals surface area contributed by atoms with Crippen LogP contribution in [0.1, 0.15) is 23.6 Å². The van der Waals surface area contributed by atoms with Gasteiger partial charge in [-0.3, -0.25) is 9.67 Å². The van der Waals surface area contributed by atoms with Crippen LogP contribution >= 0.6 is 0 Å². The quantitative estimate of drug-likeness (QED) is 0.634. The van der Waals surface area contributed by atoms with Crippen molar-refractivity contribution in [2.45, 2.75) is 33.4 Å². The Hall–Kier alpha value is -2.30. The Labute approximate surface area is 132 Å². The van der Waals surface area contributed by atoms with Crippen molar-refractivity contribution in [3.8, 4) is 0 Å². The first-order valence-corrected chi connectivity index (χ1v) is 7.73. The predicted octanol–water partition coefficient (Wildman–Crippen LogP) is 2.12. The second kappa shape index (κ2) is 8.22. The third-order valence-corrected chi connectivity index (χ3v) is 3.56. The van der Waals surface area contributed by atoms with Crippen molar-refractivity contribution in [1.82, 2.24) is 20.4 Å². The zero-order valence-corrected chi connectivity index (χ0v) is 13.6. The summed E-state index contributed by atoms with van der Waals surface area (Å²) in [7, 11) is 1.79. The van der Waals surface area contributed by atoms with Crippen LogP contribution in [0.4, 0.5) is 0 Å². The maximum absolute atomic E-state index is 4.27. The molecule has 2 aromatic rings. The molecule has 2 N–H and O–H groups in total. The van der Waals surface area contributed by atoms with E-state index < -0.39 is 0 Å². The summed E-state index contributed by atoms with van der Waals surface area (Å²) in [5, 5.41) is 10.9. The van der Waals surface area contributed by atoms with Gasteiger partial charge < -0.3 is 10.6 Å². The third-order valence-electron chi connectivity index (χ3n) is 3.56. The van der Waals surface area contributed by atoms with Gasteiger partial charge in [0.2, 0.25) is 0 Å². The summed E-state index contributed by atoms with van der Waals surface area (Å²) in [6.07, 6.45) is 4.95. The predicted molar refractivity (Wildman–Crippen MR) is 91.0 cm³/mol. The molecule has 1 aromatic carbocycles. The van der Waals surface area contributed by atoms with E-state index in [1.165, 1.54) is 16.7 Å². The lowest BCUT2D eigenvalue weighted by atomic mass is 10.1. The molecule has 0 aliphatic carbocycles. The molecule has 1 aromatic heterocycles. The first kappa shape index (κ1) is 16.1. The lowest BCUT2D eigenvalue weighted by Gasteiger charge is -2.13. The van der Waals surface area contributed by atoms with Gasteiger partial charge in [0.15, 0.2) is 5.96 Å². The molecular formula is C17H25N5. The summed E-state index contributed by atoms with van der Waals surface area (Å²) in [4.78, 5) is 4.26. The minimum atomic E-state index is 0.782. The van der Waals surface area contributed by atoms with Gasteiger partial charge in [0.05, 0.1) is 12.7 Å². The molecule has 0 spiro atoms. The number of hydrogen-bond donors (Lipinski definition) is 2. The molecule has 2 rings (SSSR count). The minimum Gasteiger partial charge on any atom is -0.355 e. The molecule has 5 heteroatoms. The highest BCUT2D eigenvalue weighted by Gasteiger charge is 2.02. The molecule has 22 heavy (non-hydrogen) atoms. The van der Waals surface area contributed by atoms with Crippen molar-refractivity contribution >= 4 is 5.96 Å². The SMILES string of the molecule is CCc1ccccc1CNC(=NC)NCCn1cc(C)cn1. The van der Waals surface area contributed by atoms with Crippen LogP contribution in [0.5, 0.6) is 0 Å². The van der Waals surface area contributed by atoms with E-state index in [2.05, 4.69) is 51.9 Å². The summed E-state index contributed by atoms with van der Waals surface area (Å²) in [5.74, 6) is 0.815. The first-order chi connectivity index (χ1) is 10.7. The van der Waals surface area contributed by atoms with E-state index >= 15 is 0 Å². The largest absolute Gasteiger partial charge is 0.355 e. The Morgan fingerprint density at radius 3 is 2.64 bits per heavy atom. The average molecular weight is 299 g/mol. The van der Waals surface area contributed by atoms with Crippen molar-refractivity contribution in [2.24, 2.45) is 4.99 Å². The van der Waals surface area contributed by atoms with Gasteiger partial charge in [0.25, 0.3) is 0 Å². The third kappa shape index (κ3) is 4.62. The minimum absolute atomic E-state index is 0.782. The smallest absolute Gasteiger partial charge is 0.191 e. The van der Waals surface area contributed by atoms with Crippen LogP contribution in [0.3, 0.4) is 0 Å². The molecule has 0 saturated carbocycles. The number of nitrogens with zero attached hydrogens (tertiary/aromatic N) is 3. The number of hydrogen-bond acceptors (Lipinski definition) is 2. The van der Waals surface area contributed by atoms with Crippen molar-refractivity contribution in [3.63, 3.8) is 0 Å². The average Bonchev–Trinajstić information content (AvgIpc) is 2.96. The van der Waals surface area contributed by atoms with E-state index in [-0.39, 0.29) is 0 Å². The topological polar surface area (TPSA) is 54.2 Å². The lowest BCUT2D eigenvalue weighted by molar-refractivity contribution is 0.597. The Balaban J connectivity index is 1.80.